The van der Waals surface area contributed by atoms with Crippen LogP contribution in [0.3, 0.4) is 0 Å². The number of amides is 1. The molecule has 0 unspecified atom stereocenters. The number of rotatable bonds is 3. The molecule has 102 valence electrons. The molecular weight excluding hydrogens is 272 g/mol. The summed E-state index contributed by atoms with van der Waals surface area (Å²) < 4.78 is 1.94. The first-order chi connectivity index (χ1) is 9.69. The maximum absolute atomic E-state index is 11.5. The van der Waals surface area contributed by atoms with Gasteiger partial charge in [0.15, 0.2) is 0 Å². The Labute approximate surface area is 120 Å². The lowest BCUT2D eigenvalue weighted by atomic mass is 10.2. The molecule has 0 saturated carbocycles. The molecule has 2 heterocycles. The van der Waals surface area contributed by atoms with E-state index >= 15 is 0 Å². The van der Waals surface area contributed by atoms with Crippen molar-refractivity contribution in [2.45, 2.75) is 13.5 Å². The highest BCUT2D eigenvalue weighted by Gasteiger charge is 2.12. The highest BCUT2D eigenvalue weighted by molar-refractivity contribution is 7.14. The lowest BCUT2D eigenvalue weighted by Gasteiger charge is -2.02. The van der Waals surface area contributed by atoms with Gasteiger partial charge in [-0.15, -0.1) is 11.3 Å². The molecule has 0 saturated heterocycles. The molecule has 0 aliphatic heterocycles. The number of carbonyl (C=O) groups is 1. The van der Waals surface area contributed by atoms with E-state index in [4.69, 9.17) is 5.84 Å². The van der Waals surface area contributed by atoms with Crippen LogP contribution in [0.5, 0.6) is 0 Å². The quantitative estimate of drug-likeness (QED) is 0.440. The minimum absolute atomic E-state index is 0.255. The number of fused-ring (bicyclic) bond motifs is 1. The van der Waals surface area contributed by atoms with Crippen molar-refractivity contribution in [3.05, 3.63) is 51.8 Å². The average molecular weight is 286 g/mol. The molecule has 0 bridgehead atoms. The molecule has 0 spiro atoms. The molecule has 0 aliphatic rings. The molecule has 1 amide bonds. The zero-order valence-corrected chi connectivity index (χ0v) is 11.8. The van der Waals surface area contributed by atoms with E-state index < -0.39 is 0 Å². The fraction of sp³-hybridized carbons (Fsp3) is 0.143. The maximum atomic E-state index is 11.5. The van der Waals surface area contributed by atoms with E-state index in [-0.39, 0.29) is 5.91 Å². The number of thiophene rings is 1. The molecule has 3 rings (SSSR count). The molecule has 0 radical (unpaired) electrons. The van der Waals surface area contributed by atoms with E-state index in [1.807, 2.05) is 48.1 Å². The second-order valence-corrected chi connectivity index (χ2v) is 5.78. The lowest BCUT2D eigenvalue weighted by molar-refractivity contribution is 0.0957. The maximum Gasteiger partial charge on any atom is 0.275 e. The number of hydrazine groups is 1. The molecule has 5 nitrogen and oxygen atoms in total. The smallest absolute Gasteiger partial charge is 0.275 e. The van der Waals surface area contributed by atoms with Crippen LogP contribution in [0.2, 0.25) is 0 Å². The summed E-state index contributed by atoms with van der Waals surface area (Å²) in [5.41, 5.74) is 4.33. The number of benzene rings is 1. The number of hydrogen-bond donors (Lipinski definition) is 2. The van der Waals surface area contributed by atoms with Crippen LogP contribution >= 0.6 is 11.3 Å². The normalized spacial score (nSPS) is 10.9. The third-order valence-electron chi connectivity index (χ3n) is 3.25. The number of nitrogens with one attached hydrogen (secondary N) is 1. The minimum Gasteiger partial charge on any atom is -0.289 e. The summed E-state index contributed by atoms with van der Waals surface area (Å²) in [4.78, 5) is 13.3. The number of nitrogens with zero attached hydrogens (tertiary/aromatic N) is 2. The minimum atomic E-state index is -0.255. The molecule has 1 aromatic carbocycles. The van der Waals surface area contributed by atoms with Crippen molar-refractivity contribution in [1.82, 2.24) is 15.2 Å². The van der Waals surface area contributed by atoms with Gasteiger partial charge >= 0.3 is 0 Å². The van der Waals surface area contributed by atoms with Gasteiger partial charge in [-0.25, -0.2) is 5.84 Å². The van der Waals surface area contributed by atoms with Crippen molar-refractivity contribution in [1.29, 1.82) is 0 Å². The van der Waals surface area contributed by atoms with Gasteiger partial charge in [-0.3, -0.25) is 14.9 Å². The Kier molecular flexibility index (Phi) is 3.25. The van der Waals surface area contributed by atoms with Crippen LogP contribution in [0.4, 0.5) is 0 Å². The second kappa shape index (κ2) is 5.07. The van der Waals surface area contributed by atoms with Gasteiger partial charge in [0.25, 0.3) is 5.91 Å². The van der Waals surface area contributed by atoms with Gasteiger partial charge in [0.1, 0.15) is 0 Å². The topological polar surface area (TPSA) is 72.9 Å². The highest BCUT2D eigenvalue weighted by Crippen LogP contribution is 2.23. The summed E-state index contributed by atoms with van der Waals surface area (Å²) in [6, 6.07) is 9.94. The summed E-state index contributed by atoms with van der Waals surface area (Å²) >= 11 is 1.44. The van der Waals surface area contributed by atoms with Crippen LogP contribution < -0.4 is 11.3 Å². The number of para-hydroxylation sites is 1. The predicted molar refractivity (Wildman–Crippen MR) is 79.5 cm³/mol. The Bertz CT molecular complexity index is 774. The van der Waals surface area contributed by atoms with Crippen molar-refractivity contribution in [3.8, 4) is 0 Å². The Morgan fingerprint density at radius 1 is 1.45 bits per heavy atom. The largest absolute Gasteiger partial charge is 0.289 e. The molecule has 3 aromatic rings. The summed E-state index contributed by atoms with van der Waals surface area (Å²) in [5.74, 6) is 4.91. The lowest BCUT2D eigenvalue weighted by Crippen LogP contribution is -2.29. The first kappa shape index (κ1) is 12.8. The third-order valence-corrected chi connectivity index (χ3v) is 4.34. The Hall–Kier alpha value is -2.18. The number of hydrogen-bond acceptors (Lipinski definition) is 4. The molecular formula is C14H14N4OS. The van der Waals surface area contributed by atoms with Crippen molar-refractivity contribution in [3.63, 3.8) is 0 Å². The van der Waals surface area contributed by atoms with Crippen LogP contribution in [0.25, 0.3) is 10.9 Å². The zero-order valence-electron chi connectivity index (χ0n) is 11.0. The summed E-state index contributed by atoms with van der Waals surface area (Å²) in [5, 5.41) is 5.51. The predicted octanol–water partition coefficient (Wildman–Crippen LogP) is 2.06. The average Bonchev–Trinajstić information content (AvgIpc) is 3.04. The molecule has 0 aliphatic carbocycles. The zero-order chi connectivity index (χ0) is 14.1. The molecule has 0 fully saturated rings. The van der Waals surface area contributed by atoms with Crippen LogP contribution in [-0.2, 0) is 6.54 Å². The van der Waals surface area contributed by atoms with E-state index in [1.165, 1.54) is 11.3 Å². The number of nitrogen functional groups attached to an aromatic ring is 1. The number of aromatic nitrogens is 2. The molecule has 6 heteroatoms. The first-order valence-electron chi connectivity index (χ1n) is 6.20. The molecule has 0 atom stereocenters. The molecule has 3 N–H and O–H groups in total. The van der Waals surface area contributed by atoms with Gasteiger partial charge in [-0.2, -0.15) is 5.10 Å². The van der Waals surface area contributed by atoms with Gasteiger partial charge < -0.3 is 0 Å². The number of nitrogens with two attached hydrogens (primary N) is 1. The first-order valence-corrected chi connectivity index (χ1v) is 7.01. The Balaban J connectivity index is 1.95. The standard InChI is InChI=1S/C14H14N4OS/c1-9-11(6-13(20-9)14(19)17-15)8-18-12-5-3-2-4-10(12)7-16-18/h2-7H,8,15H2,1H3,(H,17,19). The molecule has 2 aromatic heterocycles. The van der Waals surface area contributed by atoms with Crippen LogP contribution in [-0.4, -0.2) is 15.7 Å². The van der Waals surface area contributed by atoms with Gasteiger partial charge in [0.2, 0.25) is 0 Å². The van der Waals surface area contributed by atoms with Gasteiger partial charge in [0.05, 0.1) is 23.1 Å². The van der Waals surface area contributed by atoms with E-state index in [2.05, 4.69) is 10.5 Å². The third kappa shape index (κ3) is 2.19. The van der Waals surface area contributed by atoms with Crippen LogP contribution in [0.1, 0.15) is 20.1 Å². The van der Waals surface area contributed by atoms with Gasteiger partial charge in [-0.05, 0) is 24.6 Å². The van der Waals surface area contributed by atoms with E-state index in [1.54, 1.807) is 0 Å². The van der Waals surface area contributed by atoms with E-state index in [9.17, 15) is 4.79 Å². The number of aryl methyl sites for hydroxylation is 1. The SMILES string of the molecule is Cc1sc(C(=O)NN)cc1Cn1ncc2ccccc21. The van der Waals surface area contributed by atoms with Crippen molar-refractivity contribution in [2.24, 2.45) is 5.84 Å². The fourth-order valence-electron chi connectivity index (χ4n) is 2.17. The fourth-order valence-corrected chi connectivity index (χ4v) is 3.11. The highest BCUT2D eigenvalue weighted by atomic mass is 32.1. The Morgan fingerprint density at radius 3 is 3.05 bits per heavy atom. The van der Waals surface area contributed by atoms with Crippen LogP contribution in [0.15, 0.2) is 36.5 Å². The van der Waals surface area contributed by atoms with Crippen LogP contribution in [0, 0.1) is 6.92 Å². The summed E-state index contributed by atoms with van der Waals surface area (Å²) in [6.45, 7) is 2.65. The van der Waals surface area contributed by atoms with Gasteiger partial charge in [-0.1, -0.05) is 18.2 Å². The monoisotopic (exact) mass is 286 g/mol. The molecule has 20 heavy (non-hydrogen) atoms. The Morgan fingerprint density at radius 2 is 2.25 bits per heavy atom. The van der Waals surface area contributed by atoms with Crippen molar-refractivity contribution in [2.75, 3.05) is 0 Å². The van der Waals surface area contributed by atoms with E-state index in [0.717, 1.165) is 21.3 Å². The summed E-state index contributed by atoms with van der Waals surface area (Å²) in [6.07, 6.45) is 1.85. The second-order valence-electron chi connectivity index (χ2n) is 4.53. The van der Waals surface area contributed by atoms with Crippen molar-refractivity contribution >= 4 is 28.1 Å². The van der Waals surface area contributed by atoms with E-state index in [0.29, 0.717) is 11.4 Å². The van der Waals surface area contributed by atoms with Crippen molar-refractivity contribution < 1.29 is 4.79 Å². The van der Waals surface area contributed by atoms with Gasteiger partial charge in [0, 0.05) is 10.3 Å². The number of carbonyl (C=O) groups excluding carboxylic acids is 1. The summed E-state index contributed by atoms with van der Waals surface area (Å²) in [7, 11) is 0.